The summed E-state index contributed by atoms with van der Waals surface area (Å²) in [5, 5.41) is 0.444. The van der Waals surface area contributed by atoms with Gasteiger partial charge in [-0.2, -0.15) is 4.31 Å². The fourth-order valence-corrected chi connectivity index (χ4v) is 7.50. The largest absolute Gasteiger partial charge is 0.332 e. The molecule has 4 rings (SSSR count). The molecule has 28 heavy (non-hydrogen) atoms. The average molecular weight is 445 g/mol. The second-order valence-electron chi connectivity index (χ2n) is 8.33. The first-order chi connectivity index (χ1) is 13.3. The van der Waals surface area contributed by atoms with Gasteiger partial charge in [-0.3, -0.25) is 4.79 Å². The number of sulfonamides is 1. The number of amides is 1. The number of carbonyl (C=O) groups excluding carboxylic acids is 1. The van der Waals surface area contributed by atoms with Crippen molar-refractivity contribution in [3.8, 4) is 0 Å². The zero-order chi connectivity index (χ0) is 19.9. The van der Waals surface area contributed by atoms with Crippen LogP contribution < -0.4 is 0 Å². The molecule has 1 saturated heterocycles. The molecule has 0 unspecified atom stereocenters. The van der Waals surface area contributed by atoms with Crippen molar-refractivity contribution in [2.45, 2.75) is 74.3 Å². The normalized spacial score (nSPS) is 24.2. The van der Waals surface area contributed by atoms with E-state index in [2.05, 4.69) is 4.90 Å². The molecule has 1 spiro atoms. The second kappa shape index (κ2) is 7.78. The Hall–Kier alpha value is -0.820. The summed E-state index contributed by atoms with van der Waals surface area (Å²) in [6.07, 6.45) is 9.27. The molecule has 0 bridgehead atoms. The van der Waals surface area contributed by atoms with E-state index in [1.165, 1.54) is 16.4 Å². The predicted molar refractivity (Wildman–Crippen MR) is 110 cm³/mol. The summed E-state index contributed by atoms with van der Waals surface area (Å²) in [5.41, 5.74) is -0.388. The minimum Gasteiger partial charge on any atom is -0.332 e. The van der Waals surface area contributed by atoms with Gasteiger partial charge in [-0.05, 0) is 43.9 Å². The SMILES string of the molecule is O=C1CN(S(=O)(=O)c2cc(Cl)ccc2Cl)CC2(CCCCC2)N1C1CCCC1. The Kier molecular flexibility index (Phi) is 5.69. The lowest BCUT2D eigenvalue weighted by Gasteiger charge is -2.54. The first-order valence-electron chi connectivity index (χ1n) is 10.1. The van der Waals surface area contributed by atoms with Gasteiger partial charge < -0.3 is 4.90 Å². The lowest BCUT2D eigenvalue weighted by Crippen LogP contribution is -2.68. The topological polar surface area (TPSA) is 57.7 Å². The molecule has 2 aliphatic carbocycles. The number of halogens is 2. The molecule has 3 aliphatic rings. The summed E-state index contributed by atoms with van der Waals surface area (Å²) in [6, 6.07) is 4.68. The van der Waals surface area contributed by atoms with Crippen LogP contribution in [0, 0.1) is 0 Å². The fraction of sp³-hybridized carbons (Fsp3) is 0.650. The van der Waals surface area contributed by atoms with E-state index in [9.17, 15) is 13.2 Å². The van der Waals surface area contributed by atoms with Crippen molar-refractivity contribution < 1.29 is 13.2 Å². The van der Waals surface area contributed by atoms with Crippen molar-refractivity contribution in [3.63, 3.8) is 0 Å². The van der Waals surface area contributed by atoms with Gasteiger partial charge in [-0.25, -0.2) is 8.42 Å². The van der Waals surface area contributed by atoms with E-state index in [0.29, 0.717) is 11.6 Å². The van der Waals surface area contributed by atoms with Crippen molar-refractivity contribution in [2.75, 3.05) is 13.1 Å². The third-order valence-corrected chi connectivity index (χ3v) is 9.06. The molecular weight excluding hydrogens is 419 g/mol. The van der Waals surface area contributed by atoms with Gasteiger partial charge in [0.1, 0.15) is 4.90 Å². The first-order valence-corrected chi connectivity index (χ1v) is 12.3. The molecule has 5 nitrogen and oxygen atoms in total. The molecule has 1 heterocycles. The lowest BCUT2D eigenvalue weighted by atomic mass is 9.78. The van der Waals surface area contributed by atoms with Crippen molar-refractivity contribution in [2.24, 2.45) is 0 Å². The molecule has 1 aliphatic heterocycles. The summed E-state index contributed by atoms with van der Waals surface area (Å²) in [5.74, 6) is -0.0678. The minimum absolute atomic E-state index is 0.0188. The van der Waals surface area contributed by atoms with Crippen molar-refractivity contribution in [3.05, 3.63) is 28.2 Å². The van der Waals surface area contributed by atoms with Crippen LogP contribution in [0.15, 0.2) is 23.1 Å². The van der Waals surface area contributed by atoms with Gasteiger partial charge in [0.2, 0.25) is 15.9 Å². The van der Waals surface area contributed by atoms with E-state index in [1.54, 1.807) is 6.07 Å². The smallest absolute Gasteiger partial charge is 0.245 e. The van der Waals surface area contributed by atoms with Crippen LogP contribution in [0.1, 0.15) is 57.8 Å². The van der Waals surface area contributed by atoms with E-state index in [0.717, 1.165) is 57.8 Å². The van der Waals surface area contributed by atoms with Gasteiger partial charge in [-0.15, -0.1) is 0 Å². The molecule has 1 amide bonds. The van der Waals surface area contributed by atoms with Gasteiger partial charge in [0, 0.05) is 17.6 Å². The Morgan fingerprint density at radius 1 is 1.00 bits per heavy atom. The summed E-state index contributed by atoms with van der Waals surface area (Å²) >= 11 is 12.2. The molecule has 2 saturated carbocycles. The lowest BCUT2D eigenvalue weighted by molar-refractivity contribution is -0.150. The highest BCUT2D eigenvalue weighted by molar-refractivity contribution is 7.89. The standard InChI is InChI=1S/C20H26Cl2N2O3S/c21-15-8-9-17(22)18(12-15)28(26,27)23-13-19(25)24(16-6-2-3-7-16)20(14-23)10-4-1-5-11-20/h8-9,12,16H,1-7,10-11,13-14H2. The van der Waals surface area contributed by atoms with Crippen LogP contribution in [-0.4, -0.2) is 48.2 Å². The zero-order valence-electron chi connectivity index (χ0n) is 15.9. The summed E-state index contributed by atoms with van der Waals surface area (Å²) in [6.45, 7) is 0.226. The molecule has 0 atom stereocenters. The molecule has 0 N–H and O–H groups in total. The molecule has 1 aromatic rings. The molecule has 154 valence electrons. The Bertz CT molecular complexity index is 862. The van der Waals surface area contributed by atoms with Crippen molar-refractivity contribution >= 4 is 39.1 Å². The van der Waals surface area contributed by atoms with Crippen LogP contribution in [0.5, 0.6) is 0 Å². The van der Waals surface area contributed by atoms with E-state index in [1.807, 2.05) is 0 Å². The van der Waals surface area contributed by atoms with Crippen LogP contribution in [-0.2, 0) is 14.8 Å². The molecule has 3 fully saturated rings. The highest BCUT2D eigenvalue weighted by atomic mass is 35.5. The molecule has 8 heteroatoms. The number of rotatable bonds is 3. The van der Waals surface area contributed by atoms with Crippen LogP contribution in [0.25, 0.3) is 0 Å². The minimum atomic E-state index is -3.90. The fourth-order valence-electron chi connectivity index (χ4n) is 5.30. The van der Waals surface area contributed by atoms with Crippen LogP contribution in [0.4, 0.5) is 0 Å². The highest BCUT2D eigenvalue weighted by Crippen LogP contribution is 2.43. The molecule has 0 radical (unpaired) electrons. The quantitative estimate of drug-likeness (QED) is 0.690. The second-order valence-corrected chi connectivity index (χ2v) is 11.1. The zero-order valence-corrected chi connectivity index (χ0v) is 18.2. The number of piperazine rings is 1. The van der Waals surface area contributed by atoms with E-state index < -0.39 is 10.0 Å². The number of hydrogen-bond acceptors (Lipinski definition) is 3. The Morgan fingerprint density at radius 2 is 1.68 bits per heavy atom. The maximum Gasteiger partial charge on any atom is 0.245 e. The van der Waals surface area contributed by atoms with E-state index in [4.69, 9.17) is 23.2 Å². The number of nitrogens with zero attached hydrogens (tertiary/aromatic N) is 2. The highest BCUT2D eigenvalue weighted by Gasteiger charge is 2.51. The van der Waals surface area contributed by atoms with Gasteiger partial charge in [0.05, 0.1) is 17.1 Å². The monoisotopic (exact) mass is 444 g/mol. The van der Waals surface area contributed by atoms with Gasteiger partial charge in [-0.1, -0.05) is 55.3 Å². The predicted octanol–water partition coefficient (Wildman–Crippen LogP) is 4.47. The third-order valence-electron chi connectivity index (χ3n) is 6.55. The van der Waals surface area contributed by atoms with Crippen LogP contribution in [0.2, 0.25) is 10.0 Å². The van der Waals surface area contributed by atoms with Crippen molar-refractivity contribution in [1.29, 1.82) is 0 Å². The first kappa shape index (κ1) is 20.5. The van der Waals surface area contributed by atoms with Gasteiger partial charge >= 0.3 is 0 Å². The van der Waals surface area contributed by atoms with Crippen LogP contribution >= 0.6 is 23.2 Å². The van der Waals surface area contributed by atoms with Crippen molar-refractivity contribution in [1.82, 2.24) is 9.21 Å². The maximum absolute atomic E-state index is 13.4. The summed E-state index contributed by atoms with van der Waals surface area (Å²) < 4.78 is 28.1. The van der Waals surface area contributed by atoms with Crippen LogP contribution in [0.3, 0.4) is 0 Å². The number of carbonyl (C=O) groups is 1. The average Bonchev–Trinajstić information content (AvgIpc) is 3.18. The maximum atomic E-state index is 13.4. The Morgan fingerprint density at radius 3 is 2.36 bits per heavy atom. The number of benzene rings is 1. The van der Waals surface area contributed by atoms with Gasteiger partial charge in [0.15, 0.2) is 0 Å². The molecule has 0 aromatic heterocycles. The molecular formula is C20H26Cl2N2O3S. The Labute approximate surface area is 177 Å². The van der Waals surface area contributed by atoms with Gasteiger partial charge in [0.25, 0.3) is 0 Å². The molecule has 1 aromatic carbocycles. The van der Waals surface area contributed by atoms with E-state index in [-0.39, 0.29) is 34.0 Å². The number of hydrogen-bond donors (Lipinski definition) is 0. The summed E-state index contributed by atoms with van der Waals surface area (Å²) in [4.78, 5) is 15.3. The summed E-state index contributed by atoms with van der Waals surface area (Å²) in [7, 11) is -3.90. The Balaban J connectivity index is 1.70. The third kappa shape index (κ3) is 3.57. The van der Waals surface area contributed by atoms with E-state index >= 15 is 0 Å².